The molecular weight excluding hydrogens is 360 g/mol. The lowest BCUT2D eigenvalue weighted by atomic mass is 9.82. The summed E-state index contributed by atoms with van der Waals surface area (Å²) in [5.74, 6) is -1.14. The molecule has 0 aromatic heterocycles. The standard InChI is InChI=1S/C19H15ClO6/c1-9(21)26-8-12-15(20)19(25-3)14-13(18(12)24-2)16(22)10-6-4-5-7-11(10)17(14)23/h4-7H,8H2,1-3H3. The first kappa shape index (κ1) is 17.9. The van der Waals surface area contributed by atoms with Crippen molar-refractivity contribution < 1.29 is 28.6 Å². The lowest BCUT2D eigenvalue weighted by molar-refractivity contribution is -0.142. The predicted octanol–water partition coefficient (Wildman–Crippen LogP) is 3.20. The van der Waals surface area contributed by atoms with E-state index in [1.807, 2.05) is 0 Å². The summed E-state index contributed by atoms with van der Waals surface area (Å²) in [6.07, 6.45) is 0. The average Bonchev–Trinajstić information content (AvgIpc) is 2.63. The first-order chi connectivity index (χ1) is 12.4. The zero-order valence-corrected chi connectivity index (χ0v) is 15.1. The van der Waals surface area contributed by atoms with Crippen molar-refractivity contribution in [2.45, 2.75) is 13.5 Å². The number of rotatable bonds is 4. The van der Waals surface area contributed by atoms with E-state index in [2.05, 4.69) is 0 Å². The van der Waals surface area contributed by atoms with Crippen molar-refractivity contribution in [3.8, 4) is 11.5 Å². The predicted molar refractivity (Wildman–Crippen MR) is 93.3 cm³/mol. The van der Waals surface area contributed by atoms with E-state index in [-0.39, 0.29) is 62.5 Å². The fourth-order valence-corrected chi connectivity index (χ4v) is 3.34. The maximum Gasteiger partial charge on any atom is 0.302 e. The normalized spacial score (nSPS) is 12.3. The third kappa shape index (κ3) is 2.63. The van der Waals surface area contributed by atoms with Crippen molar-refractivity contribution in [1.82, 2.24) is 0 Å². The van der Waals surface area contributed by atoms with E-state index in [1.165, 1.54) is 21.1 Å². The first-order valence-electron chi connectivity index (χ1n) is 7.70. The van der Waals surface area contributed by atoms with Crippen LogP contribution in [0.15, 0.2) is 24.3 Å². The van der Waals surface area contributed by atoms with E-state index in [4.69, 9.17) is 25.8 Å². The minimum atomic E-state index is -0.521. The Morgan fingerprint density at radius 3 is 1.92 bits per heavy atom. The average molecular weight is 375 g/mol. The van der Waals surface area contributed by atoms with Crippen LogP contribution in [0.5, 0.6) is 11.5 Å². The van der Waals surface area contributed by atoms with Gasteiger partial charge in [-0.3, -0.25) is 14.4 Å². The highest BCUT2D eigenvalue weighted by Crippen LogP contribution is 2.46. The summed E-state index contributed by atoms with van der Waals surface area (Å²) < 4.78 is 15.7. The van der Waals surface area contributed by atoms with E-state index in [0.29, 0.717) is 0 Å². The van der Waals surface area contributed by atoms with Gasteiger partial charge in [0.25, 0.3) is 0 Å². The summed E-state index contributed by atoms with van der Waals surface area (Å²) in [4.78, 5) is 37.3. The molecule has 0 saturated carbocycles. The van der Waals surface area contributed by atoms with Gasteiger partial charge in [-0.05, 0) is 0 Å². The number of hydrogen-bond donors (Lipinski definition) is 0. The molecule has 134 valence electrons. The van der Waals surface area contributed by atoms with E-state index in [1.54, 1.807) is 24.3 Å². The highest BCUT2D eigenvalue weighted by Gasteiger charge is 2.38. The maximum atomic E-state index is 13.1. The van der Waals surface area contributed by atoms with Crippen molar-refractivity contribution in [2.75, 3.05) is 14.2 Å². The molecule has 0 amide bonds. The molecule has 0 saturated heterocycles. The number of halogens is 1. The molecule has 26 heavy (non-hydrogen) atoms. The Kier molecular flexibility index (Phi) is 4.70. The minimum Gasteiger partial charge on any atom is -0.495 e. The summed E-state index contributed by atoms with van der Waals surface area (Å²) in [5.41, 5.74) is 0.907. The lowest BCUT2D eigenvalue weighted by Crippen LogP contribution is -2.23. The van der Waals surface area contributed by atoms with Gasteiger partial charge >= 0.3 is 5.97 Å². The number of hydrogen-bond acceptors (Lipinski definition) is 6. The van der Waals surface area contributed by atoms with Crippen molar-refractivity contribution >= 4 is 29.1 Å². The molecular formula is C19H15ClO6. The SMILES string of the molecule is COc1c(Cl)c(COC(C)=O)c(OC)c2c1C(=O)c1ccccc1C2=O. The Bertz CT molecular complexity index is 948. The molecule has 3 rings (SSSR count). The molecule has 6 nitrogen and oxygen atoms in total. The van der Waals surface area contributed by atoms with Gasteiger partial charge in [0.1, 0.15) is 18.1 Å². The molecule has 0 bridgehead atoms. The van der Waals surface area contributed by atoms with Gasteiger partial charge in [0.15, 0.2) is 11.6 Å². The topological polar surface area (TPSA) is 78.9 Å². The van der Waals surface area contributed by atoms with Gasteiger partial charge in [-0.15, -0.1) is 0 Å². The van der Waals surface area contributed by atoms with Gasteiger partial charge in [0.2, 0.25) is 0 Å². The molecule has 7 heteroatoms. The van der Waals surface area contributed by atoms with Gasteiger partial charge < -0.3 is 14.2 Å². The molecule has 0 atom stereocenters. The fourth-order valence-electron chi connectivity index (χ4n) is 3.03. The number of ether oxygens (including phenoxy) is 3. The molecule has 0 N–H and O–H groups in total. The summed E-state index contributed by atoms with van der Waals surface area (Å²) in [6.45, 7) is 1.03. The van der Waals surface area contributed by atoms with Crippen LogP contribution < -0.4 is 9.47 Å². The van der Waals surface area contributed by atoms with Gasteiger partial charge in [-0.1, -0.05) is 35.9 Å². The third-order valence-corrected chi connectivity index (χ3v) is 4.54. The van der Waals surface area contributed by atoms with Crippen LogP contribution >= 0.6 is 11.6 Å². The van der Waals surface area contributed by atoms with Crippen LogP contribution in [0.2, 0.25) is 5.02 Å². The van der Waals surface area contributed by atoms with Crippen LogP contribution in [0.1, 0.15) is 44.3 Å². The van der Waals surface area contributed by atoms with Crippen LogP contribution in [0, 0.1) is 0 Å². The Balaban J connectivity index is 2.35. The van der Waals surface area contributed by atoms with E-state index in [0.717, 1.165) is 0 Å². The number of fused-ring (bicyclic) bond motifs is 2. The monoisotopic (exact) mass is 374 g/mol. The number of benzene rings is 2. The third-order valence-electron chi connectivity index (χ3n) is 4.14. The number of esters is 1. The summed E-state index contributed by atoms with van der Waals surface area (Å²) >= 11 is 6.39. The van der Waals surface area contributed by atoms with Gasteiger partial charge in [-0.2, -0.15) is 0 Å². The van der Waals surface area contributed by atoms with E-state index < -0.39 is 5.97 Å². The zero-order valence-electron chi connectivity index (χ0n) is 14.3. The summed E-state index contributed by atoms with van der Waals surface area (Å²) in [5, 5.41) is 0.0601. The van der Waals surface area contributed by atoms with E-state index >= 15 is 0 Å². The summed E-state index contributed by atoms with van der Waals surface area (Å²) in [6, 6.07) is 6.50. The Hall–Kier alpha value is -2.86. The second-order valence-corrected chi connectivity index (χ2v) is 5.97. The minimum absolute atomic E-state index is 0.0459. The molecule has 1 aliphatic carbocycles. The lowest BCUT2D eigenvalue weighted by Gasteiger charge is -2.25. The second kappa shape index (κ2) is 6.80. The highest BCUT2D eigenvalue weighted by atomic mass is 35.5. The molecule has 0 radical (unpaired) electrons. The number of ketones is 2. The summed E-state index contributed by atoms with van der Waals surface area (Å²) in [7, 11) is 2.70. The van der Waals surface area contributed by atoms with Gasteiger partial charge in [0, 0.05) is 18.1 Å². The number of methoxy groups -OCH3 is 2. The Labute approximate surface area is 154 Å². The second-order valence-electron chi connectivity index (χ2n) is 5.59. The molecule has 1 aliphatic rings. The molecule has 0 heterocycles. The van der Waals surface area contributed by atoms with Crippen molar-refractivity contribution in [3.63, 3.8) is 0 Å². The quantitative estimate of drug-likeness (QED) is 0.652. The highest BCUT2D eigenvalue weighted by molar-refractivity contribution is 6.37. The van der Waals surface area contributed by atoms with Gasteiger partial charge in [-0.25, -0.2) is 0 Å². The van der Waals surface area contributed by atoms with Crippen LogP contribution in [0.3, 0.4) is 0 Å². The molecule has 0 aliphatic heterocycles. The van der Waals surface area contributed by atoms with Crippen molar-refractivity contribution in [2.24, 2.45) is 0 Å². The van der Waals surface area contributed by atoms with Crippen molar-refractivity contribution in [3.05, 3.63) is 57.1 Å². The van der Waals surface area contributed by atoms with Crippen LogP contribution in [0.25, 0.3) is 0 Å². The van der Waals surface area contributed by atoms with Crippen LogP contribution in [-0.4, -0.2) is 31.8 Å². The Morgan fingerprint density at radius 1 is 0.962 bits per heavy atom. The Morgan fingerprint density at radius 2 is 1.46 bits per heavy atom. The van der Waals surface area contributed by atoms with Crippen LogP contribution in [-0.2, 0) is 16.1 Å². The first-order valence-corrected chi connectivity index (χ1v) is 8.08. The fraction of sp³-hybridized carbons (Fsp3) is 0.211. The molecule has 2 aromatic rings. The molecule has 2 aromatic carbocycles. The van der Waals surface area contributed by atoms with Crippen molar-refractivity contribution in [1.29, 1.82) is 0 Å². The number of carbonyl (C=O) groups is 3. The number of carbonyl (C=O) groups excluding carboxylic acids is 3. The molecule has 0 unspecified atom stereocenters. The molecule has 0 spiro atoms. The largest absolute Gasteiger partial charge is 0.495 e. The maximum absolute atomic E-state index is 13.1. The molecule has 0 fully saturated rings. The van der Waals surface area contributed by atoms with Gasteiger partial charge in [0.05, 0.1) is 35.9 Å². The smallest absolute Gasteiger partial charge is 0.302 e. The van der Waals surface area contributed by atoms with Crippen LogP contribution in [0.4, 0.5) is 0 Å². The zero-order chi connectivity index (χ0) is 19.0. The van der Waals surface area contributed by atoms with E-state index in [9.17, 15) is 14.4 Å².